The number of benzene rings is 3. The molecular weight excluding hydrogens is 260 g/mol. The Balaban J connectivity index is 2.23. The van der Waals surface area contributed by atoms with Crippen molar-refractivity contribution in [2.45, 2.75) is 6.42 Å². The van der Waals surface area contributed by atoms with Gasteiger partial charge in [0, 0.05) is 16.5 Å². The summed E-state index contributed by atoms with van der Waals surface area (Å²) in [6, 6.07) is 15.9. The van der Waals surface area contributed by atoms with Gasteiger partial charge in [0.05, 0.1) is 0 Å². The van der Waals surface area contributed by atoms with Crippen LogP contribution in [0.4, 0.5) is 0 Å². The quantitative estimate of drug-likeness (QED) is 0.516. The normalized spacial score (nSPS) is 12.0. The summed E-state index contributed by atoms with van der Waals surface area (Å²) in [4.78, 5) is 22.7. The first kappa shape index (κ1) is 12.0. The van der Waals surface area contributed by atoms with Gasteiger partial charge in [0.1, 0.15) is 0 Å². The summed E-state index contributed by atoms with van der Waals surface area (Å²) in [6.45, 7) is 0. The van der Waals surface area contributed by atoms with Gasteiger partial charge in [-0.2, -0.15) is 0 Å². The molecule has 0 atom stereocenters. The molecule has 21 heavy (non-hydrogen) atoms. The van der Waals surface area contributed by atoms with E-state index < -0.39 is 0 Å². The van der Waals surface area contributed by atoms with E-state index in [0.717, 1.165) is 35.3 Å². The molecule has 1 aliphatic rings. The molecule has 0 spiro atoms. The molecule has 0 aliphatic heterocycles. The van der Waals surface area contributed by atoms with Gasteiger partial charge in [0.2, 0.25) is 0 Å². The minimum atomic E-state index is 0.581. The van der Waals surface area contributed by atoms with Crippen LogP contribution >= 0.6 is 0 Å². The molecule has 1 aliphatic carbocycles. The van der Waals surface area contributed by atoms with Crippen molar-refractivity contribution < 1.29 is 9.59 Å². The minimum Gasteiger partial charge on any atom is -0.298 e. The minimum absolute atomic E-state index is 0.581. The van der Waals surface area contributed by atoms with Gasteiger partial charge in [-0.25, -0.2) is 0 Å². The van der Waals surface area contributed by atoms with Crippen LogP contribution in [0.2, 0.25) is 0 Å². The van der Waals surface area contributed by atoms with Crippen molar-refractivity contribution in [1.29, 1.82) is 0 Å². The van der Waals surface area contributed by atoms with E-state index in [4.69, 9.17) is 0 Å². The van der Waals surface area contributed by atoms with Crippen LogP contribution in [0, 0.1) is 0 Å². The molecule has 100 valence electrons. The van der Waals surface area contributed by atoms with E-state index in [9.17, 15) is 9.59 Å². The predicted octanol–water partition coefficient (Wildman–Crippen LogP) is 4.04. The van der Waals surface area contributed by atoms with Gasteiger partial charge in [0.15, 0.2) is 12.6 Å². The molecule has 4 rings (SSSR count). The first-order valence-electron chi connectivity index (χ1n) is 6.90. The molecule has 0 radical (unpaired) electrons. The van der Waals surface area contributed by atoms with Gasteiger partial charge in [0.25, 0.3) is 0 Å². The topological polar surface area (TPSA) is 34.1 Å². The number of hydrogen-bond donors (Lipinski definition) is 0. The fourth-order valence-electron chi connectivity index (χ4n) is 3.33. The average Bonchev–Trinajstić information content (AvgIpc) is 2.55. The van der Waals surface area contributed by atoms with Crippen molar-refractivity contribution in [1.82, 2.24) is 0 Å². The zero-order chi connectivity index (χ0) is 14.4. The van der Waals surface area contributed by atoms with E-state index in [2.05, 4.69) is 12.1 Å². The van der Waals surface area contributed by atoms with E-state index >= 15 is 0 Å². The zero-order valence-electron chi connectivity index (χ0n) is 11.3. The van der Waals surface area contributed by atoms with Gasteiger partial charge >= 0.3 is 0 Å². The monoisotopic (exact) mass is 272 g/mol. The first-order chi connectivity index (χ1) is 10.3. The van der Waals surface area contributed by atoms with Crippen LogP contribution in [0.15, 0.2) is 48.5 Å². The van der Waals surface area contributed by atoms with E-state index in [-0.39, 0.29) is 0 Å². The molecule has 0 heterocycles. The highest BCUT2D eigenvalue weighted by atomic mass is 16.1. The molecular formula is C19H12O2. The van der Waals surface area contributed by atoms with Gasteiger partial charge < -0.3 is 0 Å². The highest BCUT2D eigenvalue weighted by molar-refractivity contribution is 6.13. The molecule has 0 saturated carbocycles. The summed E-state index contributed by atoms with van der Waals surface area (Å²) in [7, 11) is 0. The summed E-state index contributed by atoms with van der Waals surface area (Å²) < 4.78 is 0. The Morgan fingerprint density at radius 1 is 0.667 bits per heavy atom. The smallest absolute Gasteiger partial charge is 0.150 e. The highest BCUT2D eigenvalue weighted by Gasteiger charge is 2.20. The summed E-state index contributed by atoms with van der Waals surface area (Å²) in [5.41, 5.74) is 5.91. The van der Waals surface area contributed by atoms with Crippen LogP contribution in [0.3, 0.4) is 0 Å². The summed E-state index contributed by atoms with van der Waals surface area (Å²) in [5, 5.41) is 1.83. The third-order valence-corrected chi connectivity index (χ3v) is 4.25. The Bertz CT molecular complexity index is 893. The van der Waals surface area contributed by atoms with Crippen molar-refractivity contribution in [2.75, 3.05) is 0 Å². The molecule has 2 nitrogen and oxygen atoms in total. The van der Waals surface area contributed by atoms with Crippen LogP contribution in [0.25, 0.3) is 21.9 Å². The third kappa shape index (κ3) is 1.59. The Labute approximate surface area is 122 Å². The third-order valence-electron chi connectivity index (χ3n) is 4.25. The molecule has 0 fully saturated rings. The lowest BCUT2D eigenvalue weighted by molar-refractivity contribution is 0.112. The maximum atomic E-state index is 11.3. The van der Waals surface area contributed by atoms with E-state index in [1.807, 2.05) is 36.4 Å². The standard InChI is InChI=1S/C19H12O2/c20-10-14-6-5-13-9-12-3-1-2-4-16(12)17-8-7-15(11-21)18(14)19(13)17/h1-8,10-11H,9H2. The molecule has 0 bridgehead atoms. The van der Waals surface area contributed by atoms with Crippen LogP contribution < -0.4 is 0 Å². The lowest BCUT2D eigenvalue weighted by Gasteiger charge is -2.22. The number of carbonyl (C=O) groups excluding carboxylic acids is 2. The number of rotatable bonds is 2. The Morgan fingerprint density at radius 3 is 2.14 bits per heavy atom. The van der Waals surface area contributed by atoms with Crippen molar-refractivity contribution >= 4 is 23.3 Å². The molecule has 3 aromatic rings. The fraction of sp³-hybridized carbons (Fsp3) is 0.0526. The average molecular weight is 272 g/mol. The maximum Gasteiger partial charge on any atom is 0.150 e. The molecule has 3 aromatic carbocycles. The van der Waals surface area contributed by atoms with Crippen LogP contribution in [-0.2, 0) is 6.42 Å². The molecule has 0 N–H and O–H groups in total. The Kier molecular flexibility index (Phi) is 2.51. The molecule has 2 heteroatoms. The number of aldehydes is 2. The first-order valence-corrected chi connectivity index (χ1v) is 6.90. The van der Waals surface area contributed by atoms with Gasteiger partial charge in [-0.05, 0) is 34.1 Å². The predicted molar refractivity (Wildman–Crippen MR) is 83.0 cm³/mol. The van der Waals surface area contributed by atoms with Crippen molar-refractivity contribution in [3.05, 3.63) is 70.8 Å². The number of hydrogen-bond acceptors (Lipinski definition) is 2. The lowest BCUT2D eigenvalue weighted by atomic mass is 9.81. The highest BCUT2D eigenvalue weighted by Crippen LogP contribution is 2.41. The molecule has 0 aromatic heterocycles. The summed E-state index contributed by atoms with van der Waals surface area (Å²) in [6.07, 6.45) is 2.49. The van der Waals surface area contributed by atoms with Crippen LogP contribution in [-0.4, -0.2) is 12.6 Å². The molecule has 0 unspecified atom stereocenters. The number of fused-ring (bicyclic) bond motifs is 2. The Morgan fingerprint density at radius 2 is 1.38 bits per heavy atom. The van der Waals surface area contributed by atoms with E-state index in [1.54, 1.807) is 0 Å². The Hall–Kier alpha value is -2.74. The molecule has 0 amide bonds. The van der Waals surface area contributed by atoms with E-state index in [1.165, 1.54) is 16.7 Å². The second-order valence-corrected chi connectivity index (χ2v) is 5.34. The molecule has 0 saturated heterocycles. The van der Waals surface area contributed by atoms with Crippen molar-refractivity contribution in [2.24, 2.45) is 0 Å². The van der Waals surface area contributed by atoms with Crippen molar-refractivity contribution in [3.63, 3.8) is 0 Å². The second kappa shape index (κ2) is 4.38. The summed E-state index contributed by atoms with van der Waals surface area (Å²) in [5.74, 6) is 0. The maximum absolute atomic E-state index is 11.3. The van der Waals surface area contributed by atoms with Gasteiger partial charge in [-0.1, -0.05) is 48.5 Å². The van der Waals surface area contributed by atoms with Gasteiger partial charge in [-0.3, -0.25) is 9.59 Å². The summed E-state index contributed by atoms with van der Waals surface area (Å²) >= 11 is 0. The second-order valence-electron chi connectivity index (χ2n) is 5.34. The lowest BCUT2D eigenvalue weighted by Crippen LogP contribution is -2.03. The zero-order valence-corrected chi connectivity index (χ0v) is 11.3. The fourth-order valence-corrected chi connectivity index (χ4v) is 3.33. The van der Waals surface area contributed by atoms with Crippen LogP contribution in [0.1, 0.15) is 31.8 Å². The van der Waals surface area contributed by atoms with Crippen molar-refractivity contribution in [3.8, 4) is 11.1 Å². The van der Waals surface area contributed by atoms with E-state index in [0.29, 0.717) is 11.1 Å². The van der Waals surface area contributed by atoms with Crippen LogP contribution in [0.5, 0.6) is 0 Å². The largest absolute Gasteiger partial charge is 0.298 e. The SMILES string of the molecule is O=Cc1ccc2c3c(ccc(C=O)c13)-c1ccccc1C2. The van der Waals surface area contributed by atoms with Gasteiger partial charge in [-0.15, -0.1) is 0 Å². The number of carbonyl (C=O) groups is 2.